The number of hydrogen-bond donors (Lipinski definition) is 2. The molecule has 0 aromatic heterocycles. The maximum absolute atomic E-state index is 10.0. The van der Waals surface area contributed by atoms with E-state index in [1.54, 1.807) is 0 Å². The standard InChI is InChI=1S/2C8H16O2.Mo.2O/c2*1-2-3-4-5-6-7-8(9)10;;;/h2*2-7H2,1H3,(H,9,10);;;. The van der Waals surface area contributed by atoms with Crippen molar-refractivity contribution in [2.75, 3.05) is 0 Å². The molecule has 0 unspecified atom stereocenters. The van der Waals surface area contributed by atoms with E-state index in [1.165, 1.54) is 38.5 Å². The van der Waals surface area contributed by atoms with Crippen molar-refractivity contribution in [3.05, 3.63) is 0 Å². The second-order valence-corrected chi connectivity index (χ2v) is 5.52. The van der Waals surface area contributed by atoms with Crippen LogP contribution in [-0.2, 0) is 34.9 Å². The summed E-state index contributed by atoms with van der Waals surface area (Å²) in [4.78, 5) is 20.1. The van der Waals surface area contributed by atoms with Crippen LogP contribution < -0.4 is 0 Å². The molecule has 0 heterocycles. The molecule has 0 radical (unpaired) electrons. The van der Waals surface area contributed by atoms with Gasteiger partial charge in [-0.2, -0.15) is 0 Å². The fourth-order valence-corrected chi connectivity index (χ4v) is 1.76. The fourth-order valence-electron chi connectivity index (χ4n) is 1.76. The zero-order valence-corrected chi connectivity index (χ0v) is 16.4. The molecule has 0 aliphatic rings. The first-order valence-corrected chi connectivity index (χ1v) is 9.95. The summed E-state index contributed by atoms with van der Waals surface area (Å²) in [6.45, 7) is 4.30. The second kappa shape index (κ2) is 26.1. The quantitative estimate of drug-likeness (QED) is 0.355. The molecule has 0 bridgehead atoms. The molecule has 0 saturated heterocycles. The summed E-state index contributed by atoms with van der Waals surface area (Å²) in [5.74, 6) is -1.34. The topological polar surface area (TPSA) is 109 Å². The van der Waals surface area contributed by atoms with E-state index in [2.05, 4.69) is 13.8 Å². The minimum absolute atomic E-state index is 0.337. The zero-order valence-electron chi connectivity index (χ0n) is 14.4. The van der Waals surface area contributed by atoms with Crippen molar-refractivity contribution < 1.29 is 45.1 Å². The monoisotopic (exact) mass is 418 g/mol. The number of carboxylic acids is 2. The maximum atomic E-state index is 10.0. The van der Waals surface area contributed by atoms with Gasteiger partial charge in [-0.25, -0.2) is 0 Å². The van der Waals surface area contributed by atoms with Crippen LogP contribution >= 0.6 is 0 Å². The van der Waals surface area contributed by atoms with Gasteiger partial charge in [0.1, 0.15) is 0 Å². The molecule has 23 heavy (non-hydrogen) atoms. The van der Waals surface area contributed by atoms with Gasteiger partial charge in [0.2, 0.25) is 0 Å². The molecule has 2 N–H and O–H groups in total. The van der Waals surface area contributed by atoms with E-state index in [4.69, 9.17) is 17.0 Å². The van der Waals surface area contributed by atoms with Gasteiger partial charge in [0.25, 0.3) is 0 Å². The van der Waals surface area contributed by atoms with Crippen molar-refractivity contribution in [1.29, 1.82) is 0 Å². The Morgan fingerprint density at radius 2 is 0.913 bits per heavy atom. The van der Waals surface area contributed by atoms with Gasteiger partial charge in [0.05, 0.1) is 0 Å². The van der Waals surface area contributed by atoms with Crippen molar-refractivity contribution in [3.8, 4) is 0 Å². The first kappa shape index (κ1) is 27.1. The number of carboxylic acid groups (broad SMARTS) is 2. The van der Waals surface area contributed by atoms with E-state index in [0.717, 1.165) is 25.7 Å². The van der Waals surface area contributed by atoms with E-state index in [1.807, 2.05) is 0 Å². The summed E-state index contributed by atoms with van der Waals surface area (Å²) in [6, 6.07) is 0. The molecule has 7 heteroatoms. The number of aliphatic carboxylic acids is 2. The van der Waals surface area contributed by atoms with E-state index in [-0.39, 0.29) is 0 Å². The molecule has 138 valence electrons. The number of unbranched alkanes of at least 4 members (excludes halogenated alkanes) is 8. The third-order valence-corrected chi connectivity index (χ3v) is 2.99. The summed E-state index contributed by atoms with van der Waals surface area (Å²) < 4.78 is 17.0. The predicted molar refractivity (Wildman–Crippen MR) is 83.4 cm³/mol. The van der Waals surface area contributed by atoms with Crippen molar-refractivity contribution in [2.24, 2.45) is 0 Å². The van der Waals surface area contributed by atoms with Crippen LogP contribution in [0.2, 0.25) is 0 Å². The Labute approximate surface area is 148 Å². The van der Waals surface area contributed by atoms with E-state index < -0.39 is 30.4 Å². The molecule has 0 spiro atoms. The van der Waals surface area contributed by atoms with Gasteiger partial charge < -0.3 is 10.2 Å². The van der Waals surface area contributed by atoms with Gasteiger partial charge in [0.15, 0.2) is 0 Å². The Hall–Kier alpha value is -0.772. The van der Waals surface area contributed by atoms with Gasteiger partial charge in [-0.3, -0.25) is 9.59 Å². The molecule has 0 fully saturated rings. The normalized spacial score (nSPS) is 8.96. The third-order valence-electron chi connectivity index (χ3n) is 2.99. The second-order valence-electron chi connectivity index (χ2n) is 5.18. The third kappa shape index (κ3) is 44.9. The van der Waals surface area contributed by atoms with Crippen LogP contribution in [0.25, 0.3) is 0 Å². The van der Waals surface area contributed by atoms with Gasteiger partial charge in [-0.05, 0) is 12.8 Å². The molecule has 0 aromatic carbocycles. The Bertz CT molecular complexity index is 277. The van der Waals surface area contributed by atoms with Crippen molar-refractivity contribution in [1.82, 2.24) is 0 Å². The molecule has 0 atom stereocenters. The molecule has 0 aliphatic carbocycles. The molecule has 6 nitrogen and oxygen atoms in total. The molecule has 0 saturated carbocycles. The number of carbonyl (C=O) groups is 2. The first-order chi connectivity index (χ1) is 11.0. The van der Waals surface area contributed by atoms with Crippen LogP contribution in [0.4, 0.5) is 0 Å². The number of rotatable bonds is 12. The average molecular weight is 416 g/mol. The van der Waals surface area contributed by atoms with Crippen LogP contribution in [-0.4, -0.2) is 22.2 Å². The Morgan fingerprint density at radius 1 is 0.652 bits per heavy atom. The van der Waals surface area contributed by atoms with Crippen LogP contribution in [0.5, 0.6) is 0 Å². The van der Waals surface area contributed by atoms with Gasteiger partial charge in [-0.15, -0.1) is 0 Å². The van der Waals surface area contributed by atoms with E-state index >= 15 is 0 Å². The average Bonchev–Trinajstić information content (AvgIpc) is 2.48. The first-order valence-electron chi connectivity index (χ1n) is 8.31. The molecular formula is C16H32MoO6. The van der Waals surface area contributed by atoms with Gasteiger partial charge >= 0.3 is 37.2 Å². The molecule has 0 aromatic rings. The Morgan fingerprint density at radius 3 is 1.13 bits per heavy atom. The summed E-state index contributed by atoms with van der Waals surface area (Å²) in [6.07, 6.45) is 11.8. The SMILES string of the molecule is CCCCCCCC(=O)O.CCCCCCCC(=O)O.[O]=[Mo]=[O]. The summed E-state index contributed by atoms with van der Waals surface area (Å²) in [7, 11) is 0. The van der Waals surface area contributed by atoms with Crippen LogP contribution in [0.1, 0.15) is 90.9 Å². The summed E-state index contributed by atoms with van der Waals surface area (Å²) in [5.41, 5.74) is 0. The molecule has 0 aliphatic heterocycles. The van der Waals surface area contributed by atoms with Crippen LogP contribution in [0.15, 0.2) is 0 Å². The minimum atomic E-state index is -2.03. The molecule has 0 amide bonds. The van der Waals surface area contributed by atoms with E-state index in [9.17, 15) is 9.59 Å². The summed E-state index contributed by atoms with van der Waals surface area (Å²) >= 11 is -2.03. The van der Waals surface area contributed by atoms with Crippen LogP contribution in [0.3, 0.4) is 0 Å². The fraction of sp³-hybridized carbons (Fsp3) is 0.875. The molecule has 0 rings (SSSR count). The van der Waals surface area contributed by atoms with E-state index in [0.29, 0.717) is 12.8 Å². The van der Waals surface area contributed by atoms with Gasteiger partial charge in [-0.1, -0.05) is 65.2 Å². The Kier molecular flexibility index (Phi) is 30.8. The zero-order chi connectivity index (χ0) is 18.3. The van der Waals surface area contributed by atoms with Crippen molar-refractivity contribution in [2.45, 2.75) is 90.9 Å². The van der Waals surface area contributed by atoms with Crippen LogP contribution in [0, 0.1) is 0 Å². The van der Waals surface area contributed by atoms with Crippen molar-refractivity contribution in [3.63, 3.8) is 0 Å². The number of hydrogen-bond acceptors (Lipinski definition) is 4. The molecular weight excluding hydrogens is 384 g/mol. The summed E-state index contributed by atoms with van der Waals surface area (Å²) in [5, 5.41) is 16.5. The predicted octanol–water partition coefficient (Wildman–Crippen LogP) is 4.62. The Balaban J connectivity index is -0.000000297. The van der Waals surface area contributed by atoms with Crippen molar-refractivity contribution >= 4 is 11.9 Å². The van der Waals surface area contributed by atoms with Gasteiger partial charge in [0, 0.05) is 12.8 Å².